The summed E-state index contributed by atoms with van der Waals surface area (Å²) < 4.78 is 27.6. The van der Waals surface area contributed by atoms with Gasteiger partial charge in [-0.2, -0.15) is 0 Å². The zero-order valence-electron chi connectivity index (χ0n) is 12.4. The number of rotatable bonds is 3. The molecule has 5 heteroatoms. The molecule has 116 valence electrons. The molecule has 2 N–H and O–H groups in total. The summed E-state index contributed by atoms with van der Waals surface area (Å²) in [6, 6.07) is 4.96. The molecule has 21 heavy (non-hydrogen) atoms. The molecule has 0 radical (unpaired) electrons. The van der Waals surface area contributed by atoms with Crippen LogP contribution in [0.25, 0.3) is 0 Å². The van der Waals surface area contributed by atoms with Gasteiger partial charge in [0.2, 0.25) is 0 Å². The van der Waals surface area contributed by atoms with Crippen LogP contribution in [0.2, 0.25) is 0 Å². The summed E-state index contributed by atoms with van der Waals surface area (Å²) in [4.78, 5) is 4.76. The summed E-state index contributed by atoms with van der Waals surface area (Å²) >= 11 is 0. The first-order valence-corrected chi connectivity index (χ1v) is 7.75. The Morgan fingerprint density at radius 2 is 2.14 bits per heavy atom. The van der Waals surface area contributed by atoms with Gasteiger partial charge in [0.05, 0.1) is 6.04 Å². The summed E-state index contributed by atoms with van der Waals surface area (Å²) in [6.45, 7) is 5.48. The average Bonchev–Trinajstić information content (AvgIpc) is 2.91. The average molecular weight is 295 g/mol. The molecule has 0 saturated carbocycles. The van der Waals surface area contributed by atoms with Crippen molar-refractivity contribution in [3.8, 4) is 0 Å². The highest BCUT2D eigenvalue weighted by molar-refractivity contribution is 5.23. The third-order valence-corrected chi connectivity index (χ3v) is 4.95. The normalized spacial score (nSPS) is 28.6. The lowest BCUT2D eigenvalue weighted by Gasteiger charge is -2.46. The number of nitrogens with zero attached hydrogens (tertiary/aromatic N) is 2. The molecule has 0 bridgehead atoms. The molecule has 3 rings (SSSR count). The van der Waals surface area contributed by atoms with E-state index >= 15 is 0 Å². The Bertz CT molecular complexity index is 508. The highest BCUT2D eigenvalue weighted by Gasteiger charge is 2.38. The SMILES string of the molecule is CC1CN2CCCC2CN1C(CN)c1cccc(F)c1F. The molecule has 0 amide bonds. The van der Waals surface area contributed by atoms with Gasteiger partial charge in [0, 0.05) is 37.3 Å². The van der Waals surface area contributed by atoms with Crippen LogP contribution >= 0.6 is 0 Å². The summed E-state index contributed by atoms with van der Waals surface area (Å²) in [5.41, 5.74) is 6.29. The van der Waals surface area contributed by atoms with E-state index in [-0.39, 0.29) is 6.04 Å². The van der Waals surface area contributed by atoms with Crippen LogP contribution in [0.15, 0.2) is 18.2 Å². The van der Waals surface area contributed by atoms with E-state index in [1.807, 2.05) is 0 Å². The van der Waals surface area contributed by atoms with Gasteiger partial charge in [0.25, 0.3) is 0 Å². The van der Waals surface area contributed by atoms with E-state index in [0.717, 1.165) is 25.7 Å². The van der Waals surface area contributed by atoms with Crippen molar-refractivity contribution in [1.82, 2.24) is 9.80 Å². The first-order valence-electron chi connectivity index (χ1n) is 7.75. The van der Waals surface area contributed by atoms with Gasteiger partial charge in [-0.25, -0.2) is 8.78 Å². The largest absolute Gasteiger partial charge is 0.329 e. The van der Waals surface area contributed by atoms with Gasteiger partial charge in [-0.3, -0.25) is 9.80 Å². The van der Waals surface area contributed by atoms with Crippen LogP contribution in [0.1, 0.15) is 31.4 Å². The smallest absolute Gasteiger partial charge is 0.163 e. The van der Waals surface area contributed by atoms with Crippen LogP contribution in [-0.4, -0.2) is 48.1 Å². The van der Waals surface area contributed by atoms with Gasteiger partial charge in [0.1, 0.15) is 0 Å². The highest BCUT2D eigenvalue weighted by Crippen LogP contribution is 2.32. The number of benzene rings is 1. The van der Waals surface area contributed by atoms with Crippen molar-refractivity contribution in [3.63, 3.8) is 0 Å². The quantitative estimate of drug-likeness (QED) is 0.927. The fourth-order valence-electron chi connectivity index (χ4n) is 3.86. The fourth-order valence-corrected chi connectivity index (χ4v) is 3.86. The molecule has 3 atom stereocenters. The molecular formula is C16H23F2N3. The van der Waals surface area contributed by atoms with Crippen molar-refractivity contribution in [1.29, 1.82) is 0 Å². The Kier molecular flexibility index (Phi) is 4.24. The predicted molar refractivity (Wildman–Crippen MR) is 78.9 cm³/mol. The predicted octanol–water partition coefficient (Wildman–Crippen LogP) is 2.13. The Morgan fingerprint density at radius 1 is 1.33 bits per heavy atom. The fraction of sp³-hybridized carbons (Fsp3) is 0.625. The number of hydrogen-bond acceptors (Lipinski definition) is 3. The minimum Gasteiger partial charge on any atom is -0.329 e. The lowest BCUT2D eigenvalue weighted by Crippen LogP contribution is -2.56. The molecule has 3 unspecified atom stereocenters. The van der Waals surface area contributed by atoms with Gasteiger partial charge in [0.15, 0.2) is 11.6 Å². The lowest BCUT2D eigenvalue weighted by molar-refractivity contribution is 0.0284. The maximum atomic E-state index is 14.1. The van der Waals surface area contributed by atoms with E-state index in [4.69, 9.17) is 5.73 Å². The first kappa shape index (κ1) is 14.9. The monoisotopic (exact) mass is 295 g/mol. The van der Waals surface area contributed by atoms with E-state index in [1.54, 1.807) is 12.1 Å². The standard InChI is InChI=1S/C16H23F2N3/c1-11-9-20-7-3-4-12(20)10-21(11)15(8-19)13-5-2-6-14(17)16(13)18/h2,5-6,11-12,15H,3-4,7-10,19H2,1H3. The maximum absolute atomic E-state index is 14.1. The van der Waals surface area contributed by atoms with E-state index in [1.165, 1.54) is 12.8 Å². The van der Waals surface area contributed by atoms with Crippen LogP contribution in [0.4, 0.5) is 8.78 Å². The van der Waals surface area contributed by atoms with Crippen molar-refractivity contribution in [2.45, 2.75) is 37.9 Å². The molecule has 2 fully saturated rings. The zero-order valence-corrected chi connectivity index (χ0v) is 12.4. The second-order valence-corrected chi connectivity index (χ2v) is 6.23. The number of hydrogen-bond donors (Lipinski definition) is 1. The Balaban J connectivity index is 1.87. The van der Waals surface area contributed by atoms with Gasteiger partial charge in [-0.1, -0.05) is 12.1 Å². The van der Waals surface area contributed by atoms with E-state index < -0.39 is 11.6 Å². The molecule has 2 aliphatic heterocycles. The highest BCUT2D eigenvalue weighted by atomic mass is 19.2. The molecule has 3 nitrogen and oxygen atoms in total. The molecule has 0 aromatic heterocycles. The van der Waals surface area contributed by atoms with Crippen LogP contribution < -0.4 is 5.73 Å². The van der Waals surface area contributed by atoms with Gasteiger partial charge < -0.3 is 5.73 Å². The summed E-state index contributed by atoms with van der Waals surface area (Å²) in [7, 11) is 0. The van der Waals surface area contributed by atoms with Crippen molar-refractivity contribution in [3.05, 3.63) is 35.4 Å². The Hall–Kier alpha value is -1.04. The summed E-state index contributed by atoms with van der Waals surface area (Å²) in [5.74, 6) is -1.55. The number of nitrogens with two attached hydrogens (primary N) is 1. The molecule has 2 aliphatic rings. The van der Waals surface area contributed by atoms with Crippen molar-refractivity contribution in [2.75, 3.05) is 26.2 Å². The molecular weight excluding hydrogens is 272 g/mol. The summed E-state index contributed by atoms with van der Waals surface area (Å²) in [6.07, 6.45) is 2.42. The van der Waals surface area contributed by atoms with Gasteiger partial charge in [-0.15, -0.1) is 0 Å². The first-order chi connectivity index (χ1) is 10.1. The zero-order chi connectivity index (χ0) is 15.0. The molecule has 2 saturated heterocycles. The topological polar surface area (TPSA) is 32.5 Å². The lowest BCUT2D eigenvalue weighted by atomic mass is 9.99. The van der Waals surface area contributed by atoms with Gasteiger partial charge >= 0.3 is 0 Å². The van der Waals surface area contributed by atoms with E-state index in [2.05, 4.69) is 16.7 Å². The molecule has 1 aromatic carbocycles. The van der Waals surface area contributed by atoms with Gasteiger partial charge in [-0.05, 0) is 32.4 Å². The number of halogens is 2. The van der Waals surface area contributed by atoms with E-state index in [0.29, 0.717) is 24.2 Å². The molecule has 0 aliphatic carbocycles. The van der Waals surface area contributed by atoms with Crippen LogP contribution in [0, 0.1) is 11.6 Å². The minimum atomic E-state index is -0.793. The van der Waals surface area contributed by atoms with E-state index in [9.17, 15) is 8.78 Å². The van der Waals surface area contributed by atoms with Crippen LogP contribution in [-0.2, 0) is 0 Å². The van der Waals surface area contributed by atoms with Crippen LogP contribution in [0.5, 0.6) is 0 Å². The Morgan fingerprint density at radius 3 is 2.90 bits per heavy atom. The Labute approximate surface area is 124 Å². The third-order valence-electron chi connectivity index (χ3n) is 4.95. The number of piperazine rings is 1. The van der Waals surface area contributed by atoms with Crippen molar-refractivity contribution in [2.24, 2.45) is 5.73 Å². The molecule has 2 heterocycles. The second-order valence-electron chi connectivity index (χ2n) is 6.23. The second kappa shape index (κ2) is 5.99. The molecule has 1 aromatic rings. The van der Waals surface area contributed by atoms with Crippen molar-refractivity contribution >= 4 is 0 Å². The minimum absolute atomic E-state index is 0.251. The maximum Gasteiger partial charge on any atom is 0.163 e. The number of fused-ring (bicyclic) bond motifs is 1. The molecule has 0 spiro atoms. The third kappa shape index (κ3) is 2.70. The van der Waals surface area contributed by atoms with Crippen LogP contribution in [0.3, 0.4) is 0 Å². The van der Waals surface area contributed by atoms with Crippen molar-refractivity contribution < 1.29 is 8.78 Å². The summed E-state index contributed by atoms with van der Waals surface area (Å²) in [5, 5.41) is 0.